The zero-order valence-corrected chi connectivity index (χ0v) is 16.9. The molecule has 1 aliphatic carbocycles. The number of carbonyl (C=O) groups excluding carboxylic acids is 1. The topological polar surface area (TPSA) is 66.9 Å². The molecule has 0 unspecified atom stereocenters. The number of hydrogen-bond donors (Lipinski definition) is 2. The van der Waals surface area contributed by atoms with E-state index in [1.165, 1.54) is 30.6 Å². The lowest BCUT2D eigenvalue weighted by atomic mass is 9.86. The maximum atomic E-state index is 12.5. The largest absolute Gasteiger partial charge is 0.353 e. The molecule has 2 N–H and O–H groups in total. The van der Waals surface area contributed by atoms with Crippen molar-refractivity contribution in [3.63, 3.8) is 0 Å². The average Bonchev–Trinajstić information content (AvgIpc) is 3.07. The molecular weight excluding hydrogens is 366 g/mol. The summed E-state index contributed by atoms with van der Waals surface area (Å²) in [5, 5.41) is 5.09. The van der Waals surface area contributed by atoms with Gasteiger partial charge in [-0.15, -0.1) is 11.3 Å². The van der Waals surface area contributed by atoms with Crippen molar-refractivity contribution in [1.29, 1.82) is 0 Å². The van der Waals surface area contributed by atoms with Crippen molar-refractivity contribution >= 4 is 39.7 Å². The van der Waals surface area contributed by atoms with Gasteiger partial charge in [0, 0.05) is 19.0 Å². The van der Waals surface area contributed by atoms with Crippen LogP contribution >= 0.6 is 23.6 Å². The van der Waals surface area contributed by atoms with Gasteiger partial charge < -0.3 is 10.3 Å². The van der Waals surface area contributed by atoms with Crippen LogP contribution in [0.2, 0.25) is 0 Å². The number of nitrogens with one attached hydrogen (secondary N) is 2. The lowest BCUT2D eigenvalue weighted by molar-refractivity contribution is -0.122. The summed E-state index contributed by atoms with van der Waals surface area (Å²) in [6.07, 6.45) is 8.01. The van der Waals surface area contributed by atoms with Crippen LogP contribution in [-0.4, -0.2) is 21.5 Å². The fourth-order valence-corrected chi connectivity index (χ4v) is 4.80. The molecule has 0 bridgehead atoms. The highest BCUT2D eigenvalue weighted by Gasteiger charge is 2.22. The predicted octanol–water partition coefficient (Wildman–Crippen LogP) is 4.38. The van der Waals surface area contributed by atoms with E-state index < -0.39 is 0 Å². The van der Waals surface area contributed by atoms with E-state index in [1.807, 2.05) is 11.4 Å². The van der Waals surface area contributed by atoms with Crippen molar-refractivity contribution in [2.45, 2.75) is 70.9 Å². The van der Waals surface area contributed by atoms with E-state index in [0.717, 1.165) is 35.9 Å². The van der Waals surface area contributed by atoms with Gasteiger partial charge in [-0.25, -0.2) is 0 Å². The van der Waals surface area contributed by atoms with Crippen molar-refractivity contribution in [1.82, 2.24) is 14.9 Å². The Bertz CT molecular complexity index is 868. The summed E-state index contributed by atoms with van der Waals surface area (Å²) in [5.74, 6) is 0.756. The van der Waals surface area contributed by atoms with E-state index in [1.54, 1.807) is 4.57 Å². The molecule has 0 aliphatic heterocycles. The van der Waals surface area contributed by atoms with Gasteiger partial charge in [0.2, 0.25) is 5.91 Å². The van der Waals surface area contributed by atoms with Gasteiger partial charge in [0.25, 0.3) is 5.56 Å². The molecule has 3 rings (SSSR count). The van der Waals surface area contributed by atoms with E-state index >= 15 is 0 Å². The van der Waals surface area contributed by atoms with Crippen molar-refractivity contribution in [2.24, 2.45) is 5.92 Å². The van der Waals surface area contributed by atoms with Crippen molar-refractivity contribution in [2.75, 3.05) is 0 Å². The fraction of sp³-hybridized carbons (Fsp3) is 0.632. The van der Waals surface area contributed by atoms with Gasteiger partial charge in [-0.3, -0.25) is 14.2 Å². The SMILES string of the molecule is C[C@@H]1CCCC[C@H]1NC(=O)CCCCCn1c(=S)[nH]c2ccsc2c1=O. The Morgan fingerprint density at radius 2 is 2.15 bits per heavy atom. The number of H-pyrrole nitrogens is 1. The van der Waals surface area contributed by atoms with E-state index in [9.17, 15) is 9.59 Å². The van der Waals surface area contributed by atoms with Gasteiger partial charge in [-0.2, -0.15) is 0 Å². The van der Waals surface area contributed by atoms with Crippen LogP contribution in [0.5, 0.6) is 0 Å². The third-order valence-corrected chi connectivity index (χ3v) is 6.56. The third-order valence-electron chi connectivity index (χ3n) is 5.33. The van der Waals surface area contributed by atoms with Crippen molar-refractivity contribution < 1.29 is 4.79 Å². The number of hydrogen-bond acceptors (Lipinski definition) is 4. The van der Waals surface area contributed by atoms with Crippen LogP contribution in [0.1, 0.15) is 58.3 Å². The van der Waals surface area contributed by atoms with Gasteiger partial charge in [0.1, 0.15) is 4.70 Å². The molecule has 2 aromatic rings. The first kappa shape index (κ1) is 19.3. The maximum absolute atomic E-state index is 12.5. The van der Waals surface area contributed by atoms with Crippen molar-refractivity contribution in [3.05, 3.63) is 26.6 Å². The standard InChI is InChI=1S/C19H27N3O2S2/c1-13-7-4-5-8-14(13)20-16(23)9-3-2-6-11-22-18(24)17-15(10-12-26-17)21-19(22)25/h10,12-14H,2-9,11H2,1H3,(H,20,23)(H,21,25)/t13-,14-/m1/s1. The first-order chi connectivity index (χ1) is 12.6. The Balaban J connectivity index is 1.42. The summed E-state index contributed by atoms with van der Waals surface area (Å²) in [6.45, 7) is 2.83. The summed E-state index contributed by atoms with van der Waals surface area (Å²) in [7, 11) is 0. The molecule has 1 amide bonds. The maximum Gasteiger partial charge on any atom is 0.272 e. The van der Waals surface area contributed by atoms with Crippen LogP contribution in [0.4, 0.5) is 0 Å². The molecule has 2 atom stereocenters. The van der Waals surface area contributed by atoms with Gasteiger partial charge in [-0.1, -0.05) is 26.2 Å². The van der Waals surface area contributed by atoms with Crippen LogP contribution in [-0.2, 0) is 11.3 Å². The van der Waals surface area contributed by atoms with Crippen LogP contribution in [0.15, 0.2) is 16.2 Å². The average molecular weight is 394 g/mol. The Morgan fingerprint density at radius 1 is 1.35 bits per heavy atom. The number of nitrogens with zero attached hydrogens (tertiary/aromatic N) is 1. The Morgan fingerprint density at radius 3 is 2.96 bits per heavy atom. The van der Waals surface area contributed by atoms with Gasteiger partial charge >= 0.3 is 0 Å². The highest BCUT2D eigenvalue weighted by Crippen LogP contribution is 2.23. The number of aromatic nitrogens is 2. The second kappa shape index (κ2) is 8.95. The second-order valence-electron chi connectivity index (χ2n) is 7.30. The Hall–Kier alpha value is -1.47. The Labute approximate surface area is 162 Å². The normalized spacial score (nSPS) is 20.3. The zero-order chi connectivity index (χ0) is 18.5. The monoisotopic (exact) mass is 393 g/mol. The molecule has 0 radical (unpaired) electrons. The minimum absolute atomic E-state index is 0.0113. The van der Waals surface area contributed by atoms with Crippen LogP contribution in [0, 0.1) is 10.7 Å². The minimum atomic E-state index is -0.0113. The van der Waals surface area contributed by atoms with Crippen LogP contribution in [0.25, 0.3) is 10.2 Å². The quantitative estimate of drug-likeness (QED) is 0.542. The number of carbonyl (C=O) groups is 1. The Kier molecular flexibility index (Phi) is 6.64. The number of rotatable bonds is 7. The first-order valence-corrected chi connectivity index (χ1v) is 10.8. The molecule has 2 aromatic heterocycles. The predicted molar refractivity (Wildman–Crippen MR) is 109 cm³/mol. The number of thiophene rings is 1. The molecule has 2 heterocycles. The molecule has 0 aromatic carbocycles. The van der Waals surface area contributed by atoms with Gasteiger partial charge in [-0.05, 0) is 55.3 Å². The summed E-state index contributed by atoms with van der Waals surface area (Å²) in [6, 6.07) is 2.23. The van der Waals surface area contributed by atoms with E-state index in [2.05, 4.69) is 17.2 Å². The zero-order valence-electron chi connectivity index (χ0n) is 15.3. The summed E-state index contributed by atoms with van der Waals surface area (Å²) in [4.78, 5) is 27.7. The molecule has 0 spiro atoms. The number of amides is 1. The highest BCUT2D eigenvalue weighted by atomic mass is 32.1. The molecule has 5 nitrogen and oxygen atoms in total. The van der Waals surface area contributed by atoms with Gasteiger partial charge in [0.15, 0.2) is 4.77 Å². The summed E-state index contributed by atoms with van der Waals surface area (Å²) >= 11 is 6.74. The number of unbranched alkanes of at least 4 members (excludes halogenated alkanes) is 2. The third kappa shape index (κ3) is 4.62. The molecule has 26 heavy (non-hydrogen) atoms. The number of aromatic amines is 1. The molecular formula is C19H27N3O2S2. The molecule has 7 heteroatoms. The van der Waals surface area contributed by atoms with E-state index in [-0.39, 0.29) is 11.5 Å². The fourth-order valence-electron chi connectivity index (χ4n) is 3.72. The first-order valence-electron chi connectivity index (χ1n) is 9.56. The summed E-state index contributed by atoms with van der Waals surface area (Å²) < 4.78 is 2.84. The molecule has 0 saturated heterocycles. The second-order valence-corrected chi connectivity index (χ2v) is 8.60. The highest BCUT2D eigenvalue weighted by molar-refractivity contribution is 7.71. The molecule has 1 saturated carbocycles. The smallest absolute Gasteiger partial charge is 0.272 e. The molecule has 142 valence electrons. The lowest BCUT2D eigenvalue weighted by Crippen LogP contribution is -2.40. The van der Waals surface area contributed by atoms with Gasteiger partial charge in [0.05, 0.1) is 5.52 Å². The van der Waals surface area contributed by atoms with Crippen LogP contribution in [0.3, 0.4) is 0 Å². The summed E-state index contributed by atoms with van der Waals surface area (Å²) in [5.41, 5.74) is 0.803. The van der Waals surface area contributed by atoms with Crippen molar-refractivity contribution in [3.8, 4) is 0 Å². The van der Waals surface area contributed by atoms with E-state index in [4.69, 9.17) is 12.2 Å². The molecule has 1 fully saturated rings. The minimum Gasteiger partial charge on any atom is -0.353 e. The van der Waals surface area contributed by atoms with Crippen LogP contribution < -0.4 is 10.9 Å². The van der Waals surface area contributed by atoms with E-state index in [0.29, 0.717) is 29.7 Å². The number of fused-ring (bicyclic) bond motifs is 1. The lowest BCUT2D eigenvalue weighted by Gasteiger charge is -2.29. The molecule has 1 aliphatic rings.